The molecule has 3 atom stereocenters. The van der Waals surface area contributed by atoms with Gasteiger partial charge in [0.1, 0.15) is 0 Å². The van der Waals surface area contributed by atoms with Gasteiger partial charge in [-0.3, -0.25) is 9.59 Å². The first-order chi connectivity index (χ1) is 8.74. The van der Waals surface area contributed by atoms with Crippen molar-refractivity contribution < 1.29 is 4.79 Å². The van der Waals surface area contributed by atoms with E-state index in [2.05, 4.69) is 15.6 Å². The smallest absolute Gasteiger partial charge is 0.304 e. The fourth-order valence-electron chi connectivity index (χ4n) is 3.17. The van der Waals surface area contributed by atoms with Crippen LogP contribution < -0.4 is 15.5 Å². The van der Waals surface area contributed by atoms with Crippen molar-refractivity contribution in [1.82, 2.24) is 15.6 Å². The molecule has 6 heteroatoms. The Bertz CT molecular complexity index is 496. The molecule has 3 N–H and O–H groups in total. The van der Waals surface area contributed by atoms with Gasteiger partial charge in [0, 0.05) is 11.1 Å². The minimum Gasteiger partial charge on any atom is -0.349 e. The Hall–Kier alpha value is -1.14. The van der Waals surface area contributed by atoms with E-state index in [0.29, 0.717) is 18.4 Å². The summed E-state index contributed by atoms with van der Waals surface area (Å²) in [5.74, 6) is 1.25. The van der Waals surface area contributed by atoms with Crippen LogP contribution in [0.4, 0.5) is 0 Å². The van der Waals surface area contributed by atoms with Gasteiger partial charge in [-0.25, -0.2) is 0 Å². The topological polar surface area (TPSA) is 74.0 Å². The zero-order valence-corrected chi connectivity index (χ0v) is 10.9. The number of fused-ring (bicyclic) bond motifs is 1. The van der Waals surface area contributed by atoms with Crippen molar-refractivity contribution in [3.8, 4) is 0 Å². The number of hydrogen-bond donors (Lipinski definition) is 3. The number of rotatable bonds is 3. The SMILES string of the molecule is O=C(NCc1csc(=O)[nH]1)C1NCC2CCCC21. The maximum Gasteiger partial charge on any atom is 0.304 e. The van der Waals surface area contributed by atoms with Crippen molar-refractivity contribution in [2.75, 3.05) is 6.54 Å². The quantitative estimate of drug-likeness (QED) is 0.744. The minimum absolute atomic E-state index is 0.0390. The zero-order chi connectivity index (χ0) is 12.5. The maximum atomic E-state index is 12.1. The molecule has 0 spiro atoms. The van der Waals surface area contributed by atoms with E-state index in [1.165, 1.54) is 12.8 Å². The summed E-state index contributed by atoms with van der Waals surface area (Å²) >= 11 is 1.13. The van der Waals surface area contributed by atoms with Crippen molar-refractivity contribution in [2.45, 2.75) is 31.8 Å². The van der Waals surface area contributed by atoms with E-state index < -0.39 is 0 Å². The van der Waals surface area contributed by atoms with Crippen LogP contribution in [0.2, 0.25) is 0 Å². The highest BCUT2D eigenvalue weighted by Crippen LogP contribution is 2.37. The van der Waals surface area contributed by atoms with Crippen molar-refractivity contribution >= 4 is 17.2 Å². The number of hydrogen-bond acceptors (Lipinski definition) is 4. The number of carbonyl (C=O) groups excluding carboxylic acids is 1. The monoisotopic (exact) mass is 267 g/mol. The predicted octanol–water partition coefficient (Wildman–Crippen LogP) is 0.441. The third-order valence-corrected chi connectivity index (χ3v) is 4.77. The molecule has 1 saturated carbocycles. The van der Waals surface area contributed by atoms with Gasteiger partial charge in [0.2, 0.25) is 5.91 Å². The highest BCUT2D eigenvalue weighted by Gasteiger charge is 2.42. The molecule has 1 amide bonds. The summed E-state index contributed by atoms with van der Waals surface area (Å²) in [6.45, 7) is 1.38. The molecule has 0 radical (unpaired) electrons. The average molecular weight is 267 g/mol. The van der Waals surface area contributed by atoms with Crippen LogP contribution in [0.25, 0.3) is 0 Å². The van der Waals surface area contributed by atoms with Crippen LogP contribution in [0.15, 0.2) is 10.2 Å². The number of amides is 1. The molecule has 2 fully saturated rings. The Morgan fingerprint density at radius 1 is 1.50 bits per heavy atom. The third-order valence-electron chi connectivity index (χ3n) is 4.05. The van der Waals surface area contributed by atoms with E-state index in [9.17, 15) is 9.59 Å². The number of thiazole rings is 1. The first-order valence-electron chi connectivity index (χ1n) is 6.42. The molecule has 18 heavy (non-hydrogen) atoms. The normalized spacial score (nSPS) is 30.3. The van der Waals surface area contributed by atoms with Crippen LogP contribution in [-0.4, -0.2) is 23.5 Å². The Morgan fingerprint density at radius 2 is 2.39 bits per heavy atom. The van der Waals surface area contributed by atoms with Crippen LogP contribution in [-0.2, 0) is 11.3 Å². The van der Waals surface area contributed by atoms with Crippen LogP contribution in [0.3, 0.4) is 0 Å². The molecule has 3 unspecified atom stereocenters. The number of aromatic amines is 1. The van der Waals surface area contributed by atoms with Crippen molar-refractivity contribution in [2.24, 2.45) is 11.8 Å². The minimum atomic E-state index is -0.0749. The molecule has 98 valence electrons. The number of aromatic nitrogens is 1. The summed E-state index contributed by atoms with van der Waals surface area (Å²) in [6.07, 6.45) is 3.66. The predicted molar refractivity (Wildman–Crippen MR) is 69.4 cm³/mol. The van der Waals surface area contributed by atoms with Gasteiger partial charge in [0.25, 0.3) is 0 Å². The third kappa shape index (κ3) is 2.22. The van der Waals surface area contributed by atoms with Gasteiger partial charge in [-0.15, -0.1) is 0 Å². The van der Waals surface area contributed by atoms with E-state index in [-0.39, 0.29) is 16.8 Å². The van der Waals surface area contributed by atoms with E-state index in [0.717, 1.165) is 30.0 Å². The molecule has 0 aromatic carbocycles. The second-order valence-corrected chi connectivity index (χ2v) is 5.97. The molecule has 1 saturated heterocycles. The maximum absolute atomic E-state index is 12.1. The average Bonchev–Trinajstić information content (AvgIpc) is 3.01. The van der Waals surface area contributed by atoms with Gasteiger partial charge in [-0.05, 0) is 31.2 Å². The largest absolute Gasteiger partial charge is 0.349 e. The fourth-order valence-corrected chi connectivity index (χ4v) is 3.75. The molecule has 3 rings (SSSR count). The van der Waals surface area contributed by atoms with Gasteiger partial charge in [-0.2, -0.15) is 0 Å². The van der Waals surface area contributed by atoms with Crippen LogP contribution in [0, 0.1) is 11.8 Å². The number of nitrogens with one attached hydrogen (secondary N) is 3. The molecular weight excluding hydrogens is 250 g/mol. The molecule has 2 aliphatic rings. The Morgan fingerprint density at radius 3 is 3.17 bits per heavy atom. The van der Waals surface area contributed by atoms with Crippen LogP contribution >= 0.6 is 11.3 Å². The molecule has 1 aliphatic heterocycles. The van der Waals surface area contributed by atoms with Crippen molar-refractivity contribution in [3.05, 3.63) is 20.7 Å². The van der Waals surface area contributed by atoms with Gasteiger partial charge < -0.3 is 15.6 Å². The lowest BCUT2D eigenvalue weighted by Gasteiger charge is -2.17. The molecule has 2 heterocycles. The van der Waals surface area contributed by atoms with Crippen molar-refractivity contribution in [3.63, 3.8) is 0 Å². The highest BCUT2D eigenvalue weighted by atomic mass is 32.1. The van der Waals surface area contributed by atoms with E-state index >= 15 is 0 Å². The van der Waals surface area contributed by atoms with Gasteiger partial charge in [-0.1, -0.05) is 17.8 Å². The summed E-state index contributed by atoms with van der Waals surface area (Å²) in [5.41, 5.74) is 0.777. The van der Waals surface area contributed by atoms with Crippen LogP contribution in [0.5, 0.6) is 0 Å². The van der Waals surface area contributed by atoms with E-state index in [1.54, 1.807) is 5.38 Å². The summed E-state index contributed by atoms with van der Waals surface area (Å²) in [6, 6.07) is -0.0390. The molecule has 0 bridgehead atoms. The first-order valence-corrected chi connectivity index (χ1v) is 7.30. The first kappa shape index (κ1) is 11.9. The standard InChI is InChI=1S/C12H17N3O2S/c16-11(14-5-8-6-18-12(17)15-8)10-9-3-1-2-7(9)4-13-10/h6-7,9-10,13H,1-5H2,(H,14,16)(H,15,17). The van der Waals surface area contributed by atoms with Gasteiger partial charge >= 0.3 is 4.87 Å². The zero-order valence-electron chi connectivity index (χ0n) is 10.1. The second kappa shape index (κ2) is 4.85. The van der Waals surface area contributed by atoms with E-state index in [4.69, 9.17) is 0 Å². The molecule has 1 aromatic heterocycles. The Balaban J connectivity index is 1.57. The summed E-state index contributed by atoms with van der Waals surface area (Å²) < 4.78 is 0. The lowest BCUT2D eigenvalue weighted by Crippen LogP contribution is -2.43. The van der Waals surface area contributed by atoms with Crippen LogP contribution in [0.1, 0.15) is 25.0 Å². The summed E-state index contributed by atoms with van der Waals surface area (Å²) in [5, 5.41) is 7.97. The lowest BCUT2D eigenvalue weighted by atomic mass is 9.93. The molecule has 1 aromatic rings. The molecule has 5 nitrogen and oxygen atoms in total. The fraction of sp³-hybridized carbons (Fsp3) is 0.667. The second-order valence-electron chi connectivity index (χ2n) is 5.13. The summed E-state index contributed by atoms with van der Waals surface area (Å²) in [7, 11) is 0. The molecule has 1 aliphatic carbocycles. The molecular formula is C12H17N3O2S. The highest BCUT2D eigenvalue weighted by molar-refractivity contribution is 7.07. The van der Waals surface area contributed by atoms with Gasteiger partial charge in [0.15, 0.2) is 0 Å². The van der Waals surface area contributed by atoms with E-state index in [1.807, 2.05) is 0 Å². The number of H-pyrrole nitrogens is 1. The van der Waals surface area contributed by atoms with Crippen molar-refractivity contribution in [1.29, 1.82) is 0 Å². The summed E-state index contributed by atoms with van der Waals surface area (Å²) in [4.78, 5) is 25.7. The lowest BCUT2D eigenvalue weighted by molar-refractivity contribution is -0.123. The van der Waals surface area contributed by atoms with Gasteiger partial charge in [0.05, 0.1) is 12.6 Å². The Kier molecular flexibility index (Phi) is 3.22. The Labute approximate surface area is 109 Å². The number of carbonyl (C=O) groups is 1.